The van der Waals surface area contributed by atoms with Gasteiger partial charge in [-0.3, -0.25) is 0 Å². The molecule has 2 unspecified atom stereocenters. The van der Waals surface area contributed by atoms with Crippen LogP contribution in [0, 0.1) is 0 Å². The quantitative estimate of drug-likeness (QED) is 0.741. The molecule has 0 bridgehead atoms. The van der Waals surface area contributed by atoms with E-state index in [1.54, 1.807) is 7.05 Å². The summed E-state index contributed by atoms with van der Waals surface area (Å²) in [4.78, 5) is 1.95. The van der Waals surface area contributed by atoms with Crippen LogP contribution in [0.2, 0.25) is 0 Å². The number of hydrogen-bond acceptors (Lipinski definition) is 4. The molecule has 1 rings (SSSR count). The molecule has 18 heavy (non-hydrogen) atoms. The first-order chi connectivity index (χ1) is 8.16. The maximum atomic E-state index is 12.4. The minimum absolute atomic E-state index is 0.0900. The van der Waals surface area contributed by atoms with Crippen molar-refractivity contribution in [1.82, 2.24) is 13.5 Å². The summed E-state index contributed by atoms with van der Waals surface area (Å²) in [6.45, 7) is 4.50. The molecule has 1 aliphatic rings. The third kappa shape index (κ3) is 3.42. The highest BCUT2D eigenvalue weighted by Gasteiger charge is 2.41. The van der Waals surface area contributed by atoms with Crippen LogP contribution < -0.4 is 0 Å². The smallest absolute Gasteiger partial charge is 0.282 e. The van der Waals surface area contributed by atoms with Gasteiger partial charge in [0, 0.05) is 32.2 Å². The minimum Gasteiger partial charge on any atom is -0.392 e. The van der Waals surface area contributed by atoms with Crippen LogP contribution in [0.3, 0.4) is 0 Å². The Kier molecular flexibility index (Phi) is 5.13. The lowest BCUT2D eigenvalue weighted by molar-refractivity contribution is 0.187. The molecule has 0 amide bonds. The number of aliphatic hydroxyl groups is 1. The molecule has 1 N–H and O–H groups in total. The second-order valence-electron chi connectivity index (χ2n) is 5.49. The van der Waals surface area contributed by atoms with Gasteiger partial charge in [-0.25, -0.2) is 0 Å². The second-order valence-corrected chi connectivity index (χ2v) is 7.43. The molecular formula is C11H25N3O3S. The van der Waals surface area contributed by atoms with E-state index in [4.69, 9.17) is 0 Å². The van der Waals surface area contributed by atoms with Crippen LogP contribution >= 0.6 is 0 Å². The van der Waals surface area contributed by atoms with Gasteiger partial charge in [-0.1, -0.05) is 0 Å². The van der Waals surface area contributed by atoms with E-state index in [1.807, 2.05) is 32.8 Å². The van der Waals surface area contributed by atoms with Gasteiger partial charge in [0.2, 0.25) is 0 Å². The molecule has 1 fully saturated rings. The van der Waals surface area contributed by atoms with Crippen molar-refractivity contribution in [2.45, 2.75) is 38.5 Å². The average molecular weight is 279 g/mol. The summed E-state index contributed by atoms with van der Waals surface area (Å²) in [5.74, 6) is 0. The normalized spacial score (nSPS) is 26.7. The highest BCUT2D eigenvalue weighted by Crippen LogP contribution is 2.24. The zero-order chi connectivity index (χ0) is 14.1. The molecule has 7 heteroatoms. The van der Waals surface area contributed by atoms with Crippen molar-refractivity contribution in [3.63, 3.8) is 0 Å². The van der Waals surface area contributed by atoms with E-state index >= 15 is 0 Å². The molecule has 0 saturated carbocycles. The van der Waals surface area contributed by atoms with E-state index in [1.165, 1.54) is 8.61 Å². The largest absolute Gasteiger partial charge is 0.392 e. The third-order valence-electron chi connectivity index (χ3n) is 3.31. The van der Waals surface area contributed by atoms with Gasteiger partial charge in [0.05, 0.1) is 6.10 Å². The fourth-order valence-corrected chi connectivity index (χ4v) is 3.92. The topological polar surface area (TPSA) is 64.1 Å². The lowest BCUT2D eigenvalue weighted by Gasteiger charge is -2.31. The number of hydrogen-bond donors (Lipinski definition) is 1. The predicted octanol–water partition coefficient (Wildman–Crippen LogP) is -0.432. The number of nitrogens with zero attached hydrogens (tertiary/aromatic N) is 3. The first kappa shape index (κ1) is 15.8. The molecular weight excluding hydrogens is 254 g/mol. The lowest BCUT2D eigenvalue weighted by atomic mass is 10.2. The lowest BCUT2D eigenvalue weighted by Crippen LogP contribution is -2.49. The third-order valence-corrected chi connectivity index (χ3v) is 5.49. The van der Waals surface area contributed by atoms with Gasteiger partial charge in [0.15, 0.2) is 0 Å². The molecule has 108 valence electrons. The van der Waals surface area contributed by atoms with Crippen LogP contribution in [0.25, 0.3) is 0 Å². The van der Waals surface area contributed by atoms with Crippen molar-refractivity contribution in [3.05, 3.63) is 0 Å². The molecule has 1 saturated heterocycles. The number of likely N-dealkylation sites (N-methyl/N-ethyl adjacent to an activating group) is 1. The number of β-amino-alcohol motifs (C(OH)–C–C–N with tert-alkyl or cyclic N) is 1. The maximum Gasteiger partial charge on any atom is 0.282 e. The van der Waals surface area contributed by atoms with Crippen LogP contribution in [-0.2, 0) is 10.2 Å². The van der Waals surface area contributed by atoms with Gasteiger partial charge in [-0.2, -0.15) is 17.0 Å². The van der Waals surface area contributed by atoms with E-state index in [9.17, 15) is 13.5 Å². The summed E-state index contributed by atoms with van der Waals surface area (Å²) in [6, 6.07) is -0.242. The summed E-state index contributed by atoms with van der Waals surface area (Å²) >= 11 is 0. The van der Waals surface area contributed by atoms with Crippen molar-refractivity contribution in [2.75, 3.05) is 34.2 Å². The number of rotatable bonds is 5. The van der Waals surface area contributed by atoms with Crippen LogP contribution in [0.1, 0.15) is 20.3 Å². The van der Waals surface area contributed by atoms with Crippen molar-refractivity contribution >= 4 is 10.2 Å². The van der Waals surface area contributed by atoms with Gasteiger partial charge in [-0.15, -0.1) is 0 Å². The van der Waals surface area contributed by atoms with E-state index in [2.05, 4.69) is 0 Å². The molecule has 0 aromatic heterocycles. The summed E-state index contributed by atoms with van der Waals surface area (Å²) in [7, 11) is 1.90. The van der Waals surface area contributed by atoms with Gasteiger partial charge in [0.1, 0.15) is 0 Å². The Bertz CT molecular complexity index is 370. The predicted molar refractivity (Wildman–Crippen MR) is 71.5 cm³/mol. The Morgan fingerprint density at radius 1 is 1.33 bits per heavy atom. The molecule has 0 aliphatic carbocycles. The Morgan fingerprint density at radius 3 is 2.33 bits per heavy atom. The minimum atomic E-state index is -3.49. The molecule has 2 atom stereocenters. The molecule has 0 aromatic rings. The van der Waals surface area contributed by atoms with Gasteiger partial charge in [0.25, 0.3) is 10.2 Å². The molecule has 0 radical (unpaired) electrons. The van der Waals surface area contributed by atoms with Crippen molar-refractivity contribution in [3.8, 4) is 0 Å². The van der Waals surface area contributed by atoms with E-state index in [0.29, 0.717) is 13.0 Å². The van der Waals surface area contributed by atoms with Crippen LogP contribution in [0.4, 0.5) is 0 Å². The Hall–Kier alpha value is -0.210. The summed E-state index contributed by atoms with van der Waals surface area (Å²) in [5, 5.41) is 9.72. The Labute approximate surface area is 110 Å². The van der Waals surface area contributed by atoms with Gasteiger partial charge >= 0.3 is 0 Å². The van der Waals surface area contributed by atoms with E-state index in [0.717, 1.165) is 0 Å². The monoisotopic (exact) mass is 279 g/mol. The van der Waals surface area contributed by atoms with Crippen molar-refractivity contribution < 1.29 is 13.5 Å². The second kappa shape index (κ2) is 5.83. The summed E-state index contributed by atoms with van der Waals surface area (Å²) < 4.78 is 27.7. The highest BCUT2D eigenvalue weighted by atomic mass is 32.2. The van der Waals surface area contributed by atoms with Crippen LogP contribution in [0.15, 0.2) is 0 Å². The molecule has 1 aliphatic heterocycles. The zero-order valence-electron chi connectivity index (χ0n) is 11.9. The molecule has 0 spiro atoms. The molecule has 1 heterocycles. The number of aliphatic hydroxyl groups excluding tert-OH is 1. The fraction of sp³-hybridized carbons (Fsp3) is 1.00. The maximum absolute atomic E-state index is 12.4. The van der Waals surface area contributed by atoms with Crippen molar-refractivity contribution in [2.24, 2.45) is 0 Å². The summed E-state index contributed by atoms with van der Waals surface area (Å²) in [5.41, 5.74) is 0. The first-order valence-electron chi connectivity index (χ1n) is 6.23. The first-order valence-corrected chi connectivity index (χ1v) is 7.63. The average Bonchev–Trinajstić information content (AvgIpc) is 2.57. The van der Waals surface area contributed by atoms with Crippen LogP contribution in [0.5, 0.6) is 0 Å². The Morgan fingerprint density at radius 2 is 1.89 bits per heavy atom. The zero-order valence-corrected chi connectivity index (χ0v) is 12.7. The SMILES string of the molecule is CC(C)N(C)S(=O)(=O)N1CC(O)CC1CN(C)C. The molecule has 6 nitrogen and oxygen atoms in total. The van der Waals surface area contributed by atoms with Gasteiger partial charge < -0.3 is 10.0 Å². The van der Waals surface area contributed by atoms with Crippen molar-refractivity contribution in [1.29, 1.82) is 0 Å². The van der Waals surface area contributed by atoms with E-state index < -0.39 is 16.3 Å². The van der Waals surface area contributed by atoms with E-state index in [-0.39, 0.29) is 18.6 Å². The highest BCUT2D eigenvalue weighted by molar-refractivity contribution is 7.86. The Balaban J connectivity index is 2.91. The summed E-state index contributed by atoms with van der Waals surface area (Å²) in [6.07, 6.45) is -0.0612. The fourth-order valence-electron chi connectivity index (χ4n) is 2.16. The van der Waals surface area contributed by atoms with Crippen LogP contribution in [-0.4, -0.2) is 79.5 Å². The standard InChI is InChI=1S/C11H25N3O3S/c1-9(2)13(5)18(16,17)14-8-11(15)6-10(14)7-12(3)4/h9-11,15H,6-8H2,1-5H3. The molecule has 0 aromatic carbocycles. The van der Waals surface area contributed by atoms with Gasteiger partial charge in [-0.05, 0) is 34.4 Å².